The number of benzene rings is 2. The van der Waals surface area contributed by atoms with Crippen molar-refractivity contribution in [2.24, 2.45) is 0 Å². The van der Waals surface area contributed by atoms with Gasteiger partial charge in [0.2, 0.25) is 11.8 Å². The Morgan fingerprint density at radius 1 is 1.12 bits per heavy atom. The van der Waals surface area contributed by atoms with Crippen LogP contribution in [0.3, 0.4) is 0 Å². The van der Waals surface area contributed by atoms with Gasteiger partial charge < -0.3 is 10.1 Å². The number of carbonyl (C=O) groups excluding carboxylic acids is 2. The lowest BCUT2D eigenvalue weighted by atomic mass is 10.0. The standard InChI is InChI=1S/C26H27FN2O3S/c1-32-22-9-4-8-21(16-22)29(24(30)17-23-10-5-15-33-23)25(18-11-13-19(27)14-12-18)26(31)28-20-6-2-3-7-20/h4-5,8-16,20,25H,2-3,6-7,17H2,1H3,(H,28,31)/t25-/m0/s1. The topological polar surface area (TPSA) is 58.6 Å². The van der Waals surface area contributed by atoms with E-state index in [2.05, 4.69) is 5.32 Å². The summed E-state index contributed by atoms with van der Waals surface area (Å²) in [6.45, 7) is 0. The molecule has 1 fully saturated rings. The van der Waals surface area contributed by atoms with Crippen molar-refractivity contribution in [2.45, 2.75) is 44.2 Å². The van der Waals surface area contributed by atoms with Crippen LogP contribution in [0.1, 0.15) is 42.2 Å². The molecule has 2 aromatic carbocycles. The smallest absolute Gasteiger partial charge is 0.248 e. The van der Waals surface area contributed by atoms with Crippen LogP contribution in [0.25, 0.3) is 0 Å². The Bertz CT molecular complexity index is 1080. The maximum absolute atomic E-state index is 13.7. The lowest BCUT2D eigenvalue weighted by Gasteiger charge is -2.32. The summed E-state index contributed by atoms with van der Waals surface area (Å²) in [5, 5.41) is 5.05. The van der Waals surface area contributed by atoms with Gasteiger partial charge in [0, 0.05) is 22.7 Å². The molecule has 5 nitrogen and oxygen atoms in total. The van der Waals surface area contributed by atoms with E-state index in [1.165, 1.54) is 28.4 Å². The van der Waals surface area contributed by atoms with Gasteiger partial charge in [0.05, 0.1) is 13.5 Å². The predicted molar refractivity (Wildman–Crippen MR) is 128 cm³/mol. The number of anilines is 1. The van der Waals surface area contributed by atoms with E-state index in [0.717, 1.165) is 30.6 Å². The van der Waals surface area contributed by atoms with Crippen LogP contribution in [0.15, 0.2) is 66.0 Å². The second kappa shape index (κ2) is 10.6. The van der Waals surface area contributed by atoms with Gasteiger partial charge in [-0.05, 0) is 54.1 Å². The SMILES string of the molecule is COc1cccc(N(C(=O)Cc2cccs2)[C@H](C(=O)NC2CCCC2)c2ccc(F)cc2)c1. The van der Waals surface area contributed by atoms with Gasteiger partial charge in [0.25, 0.3) is 0 Å². The van der Waals surface area contributed by atoms with Gasteiger partial charge in [-0.1, -0.05) is 37.1 Å². The van der Waals surface area contributed by atoms with Crippen molar-refractivity contribution in [3.05, 3.63) is 82.3 Å². The summed E-state index contributed by atoms with van der Waals surface area (Å²) in [5.41, 5.74) is 1.10. The molecule has 1 aliphatic rings. The van der Waals surface area contributed by atoms with Gasteiger partial charge in [-0.15, -0.1) is 11.3 Å². The first-order valence-corrected chi connectivity index (χ1v) is 12.0. The van der Waals surface area contributed by atoms with E-state index in [1.54, 1.807) is 43.5 Å². The lowest BCUT2D eigenvalue weighted by molar-refractivity contribution is -0.127. The number of ether oxygens (including phenoxy) is 1. The average molecular weight is 467 g/mol. The first-order chi connectivity index (χ1) is 16.0. The van der Waals surface area contributed by atoms with Gasteiger partial charge in [0.15, 0.2) is 0 Å². The zero-order valence-electron chi connectivity index (χ0n) is 18.5. The molecule has 0 unspecified atom stereocenters. The van der Waals surface area contributed by atoms with E-state index >= 15 is 0 Å². The number of nitrogens with one attached hydrogen (secondary N) is 1. The molecular formula is C26H27FN2O3S. The van der Waals surface area contributed by atoms with Crippen molar-refractivity contribution in [1.82, 2.24) is 5.32 Å². The maximum Gasteiger partial charge on any atom is 0.248 e. The molecule has 1 heterocycles. The molecular weight excluding hydrogens is 439 g/mol. The lowest BCUT2D eigenvalue weighted by Crippen LogP contribution is -2.46. The van der Waals surface area contributed by atoms with Gasteiger partial charge in [-0.3, -0.25) is 14.5 Å². The van der Waals surface area contributed by atoms with Crippen molar-refractivity contribution in [3.63, 3.8) is 0 Å². The van der Waals surface area contributed by atoms with E-state index in [0.29, 0.717) is 17.0 Å². The Morgan fingerprint density at radius 2 is 1.88 bits per heavy atom. The zero-order valence-corrected chi connectivity index (χ0v) is 19.3. The fourth-order valence-electron chi connectivity index (χ4n) is 4.26. The molecule has 0 spiro atoms. The van der Waals surface area contributed by atoms with Gasteiger partial charge in [-0.25, -0.2) is 4.39 Å². The number of thiophene rings is 1. The molecule has 7 heteroatoms. The van der Waals surface area contributed by atoms with Crippen molar-refractivity contribution >= 4 is 28.8 Å². The summed E-state index contributed by atoms with van der Waals surface area (Å²) in [6, 6.07) is 15.8. The van der Waals surface area contributed by atoms with E-state index in [1.807, 2.05) is 17.5 Å². The fourth-order valence-corrected chi connectivity index (χ4v) is 4.95. The number of halogens is 1. The molecule has 33 heavy (non-hydrogen) atoms. The third-order valence-electron chi connectivity index (χ3n) is 5.90. The van der Waals surface area contributed by atoms with Crippen LogP contribution in [-0.2, 0) is 16.0 Å². The monoisotopic (exact) mass is 466 g/mol. The van der Waals surface area contributed by atoms with Gasteiger partial charge in [-0.2, -0.15) is 0 Å². The highest BCUT2D eigenvalue weighted by molar-refractivity contribution is 7.10. The molecule has 1 aliphatic carbocycles. The molecule has 0 saturated heterocycles. The average Bonchev–Trinajstić information content (AvgIpc) is 3.52. The van der Waals surface area contributed by atoms with E-state index in [4.69, 9.17) is 4.74 Å². The summed E-state index contributed by atoms with van der Waals surface area (Å²) in [4.78, 5) is 29.7. The quantitative estimate of drug-likeness (QED) is 0.492. The molecule has 4 rings (SSSR count). The normalized spacial score (nSPS) is 14.6. The Balaban J connectivity index is 1.77. The van der Waals surface area contributed by atoms with Gasteiger partial charge in [0.1, 0.15) is 17.6 Å². The summed E-state index contributed by atoms with van der Waals surface area (Å²) >= 11 is 1.49. The Labute approximate surface area is 197 Å². The van der Waals surface area contributed by atoms with Crippen LogP contribution in [0, 0.1) is 5.82 Å². The molecule has 1 aromatic heterocycles. The number of carbonyl (C=O) groups is 2. The van der Waals surface area contributed by atoms with Gasteiger partial charge >= 0.3 is 0 Å². The summed E-state index contributed by atoms with van der Waals surface area (Å²) in [6.07, 6.45) is 4.14. The minimum Gasteiger partial charge on any atom is -0.497 e. The molecule has 0 aliphatic heterocycles. The summed E-state index contributed by atoms with van der Waals surface area (Å²) in [7, 11) is 1.56. The zero-order chi connectivity index (χ0) is 23.2. The van der Waals surface area contributed by atoms with Crippen LogP contribution in [0.5, 0.6) is 5.75 Å². The molecule has 1 N–H and O–H groups in total. The maximum atomic E-state index is 13.7. The van der Waals surface area contributed by atoms with Crippen molar-refractivity contribution in [3.8, 4) is 5.75 Å². The molecule has 1 saturated carbocycles. The van der Waals surface area contributed by atoms with Crippen LogP contribution < -0.4 is 15.0 Å². The van der Waals surface area contributed by atoms with E-state index < -0.39 is 11.9 Å². The molecule has 3 aromatic rings. The number of hydrogen-bond donors (Lipinski definition) is 1. The van der Waals surface area contributed by atoms with Crippen molar-refractivity contribution in [1.29, 1.82) is 0 Å². The third-order valence-corrected chi connectivity index (χ3v) is 6.78. The van der Waals surface area contributed by atoms with Crippen LogP contribution >= 0.6 is 11.3 Å². The highest BCUT2D eigenvalue weighted by Crippen LogP contribution is 2.32. The predicted octanol–water partition coefficient (Wildman–Crippen LogP) is 5.27. The van der Waals surface area contributed by atoms with Crippen molar-refractivity contribution < 1.29 is 18.7 Å². The number of hydrogen-bond acceptors (Lipinski definition) is 4. The third kappa shape index (κ3) is 5.60. The highest BCUT2D eigenvalue weighted by atomic mass is 32.1. The largest absolute Gasteiger partial charge is 0.497 e. The van der Waals surface area contributed by atoms with Crippen LogP contribution in [0.2, 0.25) is 0 Å². The second-order valence-electron chi connectivity index (χ2n) is 8.17. The molecule has 0 radical (unpaired) electrons. The van der Waals surface area contributed by atoms with E-state index in [-0.39, 0.29) is 24.3 Å². The summed E-state index contributed by atoms with van der Waals surface area (Å²) in [5.74, 6) is -0.306. The minimum atomic E-state index is -0.939. The van der Waals surface area contributed by atoms with Crippen molar-refractivity contribution in [2.75, 3.05) is 12.0 Å². The minimum absolute atomic E-state index is 0.0833. The number of methoxy groups -OCH3 is 1. The second-order valence-corrected chi connectivity index (χ2v) is 9.20. The Hall–Kier alpha value is -3.19. The Morgan fingerprint density at radius 3 is 2.55 bits per heavy atom. The highest BCUT2D eigenvalue weighted by Gasteiger charge is 2.34. The van der Waals surface area contributed by atoms with Crippen LogP contribution in [-0.4, -0.2) is 25.0 Å². The summed E-state index contributed by atoms with van der Waals surface area (Å²) < 4.78 is 19.1. The molecule has 1 atom stereocenters. The molecule has 172 valence electrons. The number of rotatable bonds is 8. The fraction of sp³-hybridized carbons (Fsp3) is 0.308. The molecule has 2 amide bonds. The first-order valence-electron chi connectivity index (χ1n) is 11.1. The Kier molecular flexibility index (Phi) is 7.40. The number of nitrogens with zero attached hydrogens (tertiary/aromatic N) is 1. The molecule has 0 bridgehead atoms. The van der Waals surface area contributed by atoms with E-state index in [9.17, 15) is 14.0 Å². The number of amides is 2. The first kappa shape index (κ1) is 23.0. The van der Waals surface area contributed by atoms with Crippen LogP contribution in [0.4, 0.5) is 10.1 Å².